The minimum atomic E-state index is -0.544. The summed E-state index contributed by atoms with van der Waals surface area (Å²) in [5, 5.41) is 6.09. The monoisotopic (exact) mass is 367 g/mol. The van der Waals surface area contributed by atoms with Crippen LogP contribution in [0.1, 0.15) is 35.1 Å². The number of pyridine rings is 2. The van der Waals surface area contributed by atoms with Crippen LogP contribution in [0.4, 0.5) is 0 Å². The molecule has 0 bridgehead atoms. The molecule has 1 aliphatic rings. The van der Waals surface area contributed by atoms with E-state index in [9.17, 15) is 9.59 Å². The van der Waals surface area contributed by atoms with Crippen molar-refractivity contribution in [1.82, 2.24) is 25.5 Å². The standard InChI is InChI=1S/C20H25N5O2/c1-2-5-16-12-15(7-9-23-16)20(27)25-11-10-21-14-18(25)19(26)24-13-17-6-3-4-8-22-17/h3-4,6-9,12,18,21H,2,5,10-11,13-14H2,1H3,(H,24,26)/t18-/m0/s1. The number of nitrogens with one attached hydrogen (secondary N) is 2. The molecule has 2 amide bonds. The number of hydrogen-bond donors (Lipinski definition) is 2. The van der Waals surface area contributed by atoms with E-state index in [2.05, 4.69) is 27.5 Å². The van der Waals surface area contributed by atoms with Gasteiger partial charge in [-0.25, -0.2) is 0 Å². The van der Waals surface area contributed by atoms with Gasteiger partial charge in [0, 0.05) is 43.3 Å². The lowest BCUT2D eigenvalue weighted by Crippen LogP contribution is -2.59. The number of rotatable bonds is 6. The lowest BCUT2D eigenvalue weighted by Gasteiger charge is -2.35. The zero-order chi connectivity index (χ0) is 19.1. The third-order valence-corrected chi connectivity index (χ3v) is 4.55. The van der Waals surface area contributed by atoms with Crippen molar-refractivity contribution in [3.8, 4) is 0 Å². The van der Waals surface area contributed by atoms with Gasteiger partial charge in [-0.15, -0.1) is 0 Å². The van der Waals surface area contributed by atoms with Crippen LogP contribution < -0.4 is 10.6 Å². The van der Waals surface area contributed by atoms with Crippen molar-refractivity contribution in [2.75, 3.05) is 19.6 Å². The van der Waals surface area contributed by atoms with Crippen LogP contribution in [0.3, 0.4) is 0 Å². The van der Waals surface area contributed by atoms with Gasteiger partial charge < -0.3 is 15.5 Å². The summed E-state index contributed by atoms with van der Waals surface area (Å²) in [6.45, 7) is 4.02. The first-order valence-corrected chi connectivity index (χ1v) is 9.33. The Morgan fingerprint density at radius 2 is 2.07 bits per heavy atom. The number of piperazine rings is 1. The molecule has 2 aromatic heterocycles. The number of carbonyl (C=O) groups excluding carboxylic acids is 2. The van der Waals surface area contributed by atoms with E-state index in [0.717, 1.165) is 24.2 Å². The zero-order valence-electron chi connectivity index (χ0n) is 15.5. The van der Waals surface area contributed by atoms with Crippen LogP contribution in [0.25, 0.3) is 0 Å². The Balaban J connectivity index is 1.69. The molecular formula is C20H25N5O2. The van der Waals surface area contributed by atoms with Crippen LogP contribution in [-0.4, -0.2) is 52.4 Å². The molecule has 3 rings (SSSR count). The van der Waals surface area contributed by atoms with E-state index < -0.39 is 6.04 Å². The Hall–Kier alpha value is -2.80. The number of hydrogen-bond acceptors (Lipinski definition) is 5. The third-order valence-electron chi connectivity index (χ3n) is 4.55. The SMILES string of the molecule is CCCc1cc(C(=O)N2CCNC[C@H]2C(=O)NCc2ccccn2)ccn1. The van der Waals surface area contributed by atoms with Crippen molar-refractivity contribution in [2.24, 2.45) is 0 Å². The summed E-state index contributed by atoms with van der Waals surface area (Å²) in [7, 11) is 0. The fourth-order valence-corrected chi connectivity index (χ4v) is 3.15. The molecule has 2 aromatic rings. The van der Waals surface area contributed by atoms with Crippen LogP contribution in [0.15, 0.2) is 42.7 Å². The van der Waals surface area contributed by atoms with Crippen molar-refractivity contribution in [3.63, 3.8) is 0 Å². The van der Waals surface area contributed by atoms with Crippen molar-refractivity contribution in [1.29, 1.82) is 0 Å². The number of amides is 2. The maximum absolute atomic E-state index is 13.0. The molecule has 1 saturated heterocycles. The second-order valence-corrected chi connectivity index (χ2v) is 6.54. The van der Waals surface area contributed by atoms with E-state index in [-0.39, 0.29) is 11.8 Å². The Bertz CT molecular complexity index is 781. The highest BCUT2D eigenvalue weighted by Crippen LogP contribution is 2.13. The van der Waals surface area contributed by atoms with Gasteiger partial charge >= 0.3 is 0 Å². The molecule has 27 heavy (non-hydrogen) atoms. The minimum Gasteiger partial charge on any atom is -0.349 e. The molecule has 0 spiro atoms. The van der Waals surface area contributed by atoms with Crippen LogP contribution in [-0.2, 0) is 17.8 Å². The van der Waals surface area contributed by atoms with Crippen LogP contribution >= 0.6 is 0 Å². The molecule has 0 saturated carbocycles. The van der Waals surface area contributed by atoms with Gasteiger partial charge in [0.1, 0.15) is 6.04 Å². The van der Waals surface area contributed by atoms with Gasteiger partial charge in [-0.1, -0.05) is 19.4 Å². The summed E-state index contributed by atoms with van der Waals surface area (Å²) in [4.78, 5) is 35.9. The van der Waals surface area contributed by atoms with Gasteiger partial charge in [0.2, 0.25) is 5.91 Å². The first-order valence-electron chi connectivity index (χ1n) is 9.33. The summed E-state index contributed by atoms with van der Waals surface area (Å²) in [5.74, 6) is -0.307. The predicted octanol–water partition coefficient (Wildman–Crippen LogP) is 1.16. The molecule has 2 N–H and O–H groups in total. The van der Waals surface area contributed by atoms with E-state index in [0.29, 0.717) is 31.7 Å². The highest BCUT2D eigenvalue weighted by molar-refractivity contribution is 5.97. The first-order chi connectivity index (χ1) is 13.2. The topological polar surface area (TPSA) is 87.2 Å². The molecule has 0 aromatic carbocycles. The molecule has 1 aliphatic heterocycles. The highest BCUT2D eigenvalue weighted by atomic mass is 16.2. The van der Waals surface area contributed by atoms with Crippen LogP contribution in [0.2, 0.25) is 0 Å². The third kappa shape index (κ3) is 4.89. The summed E-state index contributed by atoms with van der Waals surface area (Å²) >= 11 is 0. The highest BCUT2D eigenvalue weighted by Gasteiger charge is 2.32. The number of nitrogens with zero attached hydrogens (tertiary/aromatic N) is 3. The van der Waals surface area contributed by atoms with E-state index in [1.807, 2.05) is 24.3 Å². The molecule has 0 aliphatic carbocycles. The molecule has 0 radical (unpaired) electrons. The maximum atomic E-state index is 13.0. The Kier molecular flexibility index (Phi) is 6.49. The molecule has 1 fully saturated rings. The molecule has 7 heteroatoms. The van der Waals surface area contributed by atoms with Gasteiger partial charge in [0.15, 0.2) is 0 Å². The Morgan fingerprint density at radius 3 is 2.85 bits per heavy atom. The summed E-state index contributed by atoms with van der Waals surface area (Å²) < 4.78 is 0. The van der Waals surface area contributed by atoms with Crippen molar-refractivity contribution in [3.05, 3.63) is 59.7 Å². The van der Waals surface area contributed by atoms with E-state index in [4.69, 9.17) is 0 Å². The average molecular weight is 367 g/mol. The van der Waals surface area contributed by atoms with Gasteiger partial charge in [0.25, 0.3) is 5.91 Å². The van der Waals surface area contributed by atoms with E-state index >= 15 is 0 Å². The molecule has 3 heterocycles. The first kappa shape index (κ1) is 19.0. The average Bonchev–Trinajstić information content (AvgIpc) is 2.73. The van der Waals surface area contributed by atoms with Crippen molar-refractivity contribution in [2.45, 2.75) is 32.4 Å². The van der Waals surface area contributed by atoms with Gasteiger partial charge in [0.05, 0.1) is 12.2 Å². The minimum absolute atomic E-state index is 0.130. The fourth-order valence-electron chi connectivity index (χ4n) is 3.15. The molecule has 1 atom stereocenters. The van der Waals surface area contributed by atoms with Crippen LogP contribution in [0, 0.1) is 0 Å². The summed E-state index contributed by atoms with van der Waals surface area (Å²) in [6, 6.07) is 8.57. The lowest BCUT2D eigenvalue weighted by molar-refractivity contribution is -0.126. The van der Waals surface area contributed by atoms with Gasteiger partial charge in [-0.2, -0.15) is 0 Å². The number of aryl methyl sites for hydroxylation is 1. The molecule has 7 nitrogen and oxygen atoms in total. The van der Waals surface area contributed by atoms with E-state index in [1.54, 1.807) is 23.4 Å². The smallest absolute Gasteiger partial charge is 0.254 e. The molecule has 0 unspecified atom stereocenters. The van der Waals surface area contributed by atoms with E-state index in [1.165, 1.54) is 0 Å². The Morgan fingerprint density at radius 1 is 1.22 bits per heavy atom. The Labute approximate surface area is 159 Å². The quantitative estimate of drug-likeness (QED) is 0.800. The van der Waals surface area contributed by atoms with Gasteiger partial charge in [-0.3, -0.25) is 19.6 Å². The predicted molar refractivity (Wildman–Crippen MR) is 102 cm³/mol. The van der Waals surface area contributed by atoms with Gasteiger partial charge in [-0.05, 0) is 30.7 Å². The second-order valence-electron chi connectivity index (χ2n) is 6.54. The zero-order valence-corrected chi connectivity index (χ0v) is 15.5. The van der Waals surface area contributed by atoms with Crippen LogP contribution in [0.5, 0.6) is 0 Å². The summed E-state index contributed by atoms with van der Waals surface area (Å²) in [5.41, 5.74) is 2.26. The normalized spacial score (nSPS) is 16.8. The van der Waals surface area contributed by atoms with Crippen molar-refractivity contribution < 1.29 is 9.59 Å². The largest absolute Gasteiger partial charge is 0.349 e. The molecular weight excluding hydrogens is 342 g/mol. The van der Waals surface area contributed by atoms with Crippen molar-refractivity contribution >= 4 is 11.8 Å². The number of aromatic nitrogens is 2. The maximum Gasteiger partial charge on any atom is 0.254 e. The fraction of sp³-hybridized carbons (Fsp3) is 0.400. The molecule has 142 valence electrons. The summed E-state index contributed by atoms with van der Waals surface area (Å²) in [6.07, 6.45) is 5.15. The lowest BCUT2D eigenvalue weighted by atomic mass is 10.1. The number of carbonyl (C=O) groups is 2. The second kappa shape index (κ2) is 9.23.